The Hall–Kier alpha value is -1.45. The van der Waals surface area contributed by atoms with Gasteiger partial charge in [0.25, 0.3) is 0 Å². The van der Waals surface area contributed by atoms with Crippen molar-refractivity contribution in [3.05, 3.63) is 64.7 Å². The summed E-state index contributed by atoms with van der Waals surface area (Å²) in [4.78, 5) is 3.99. The Morgan fingerprint density at radius 2 is 2.21 bits per heavy atom. The van der Waals surface area contributed by atoms with E-state index in [1.165, 1.54) is 12.1 Å². The number of hydrogen-bond acceptors (Lipinski definition) is 2. The summed E-state index contributed by atoms with van der Waals surface area (Å²) in [5, 5.41) is 3.97. The van der Waals surface area contributed by atoms with Gasteiger partial charge in [0.2, 0.25) is 0 Å². The van der Waals surface area contributed by atoms with E-state index >= 15 is 0 Å². The van der Waals surface area contributed by atoms with Gasteiger partial charge >= 0.3 is 0 Å². The molecule has 0 spiro atoms. The summed E-state index contributed by atoms with van der Waals surface area (Å²) < 4.78 is 13.4. The van der Waals surface area contributed by atoms with Crippen molar-refractivity contribution in [1.29, 1.82) is 0 Å². The summed E-state index contributed by atoms with van der Waals surface area (Å²) in [7, 11) is 0. The third-order valence-electron chi connectivity index (χ3n) is 2.90. The molecule has 0 aliphatic carbocycles. The van der Waals surface area contributed by atoms with Crippen molar-refractivity contribution in [3.63, 3.8) is 0 Å². The maximum absolute atomic E-state index is 13.4. The molecular weight excluding hydrogens is 263 g/mol. The van der Waals surface area contributed by atoms with E-state index in [-0.39, 0.29) is 11.9 Å². The van der Waals surface area contributed by atoms with Gasteiger partial charge in [0, 0.05) is 12.4 Å². The fourth-order valence-electron chi connectivity index (χ4n) is 2.00. The van der Waals surface area contributed by atoms with Gasteiger partial charge in [-0.2, -0.15) is 0 Å². The van der Waals surface area contributed by atoms with Gasteiger partial charge in [-0.1, -0.05) is 30.7 Å². The summed E-state index contributed by atoms with van der Waals surface area (Å²) in [5.41, 5.74) is 1.78. The molecule has 4 heteroatoms. The number of benzene rings is 1. The smallest absolute Gasteiger partial charge is 0.123 e. The molecule has 1 unspecified atom stereocenters. The van der Waals surface area contributed by atoms with Crippen molar-refractivity contribution in [2.24, 2.45) is 0 Å². The second-order valence-electron chi connectivity index (χ2n) is 4.34. The summed E-state index contributed by atoms with van der Waals surface area (Å²) in [6, 6.07) is 8.32. The normalized spacial score (nSPS) is 12.4. The third-order valence-corrected chi connectivity index (χ3v) is 3.21. The number of pyridine rings is 1. The van der Waals surface area contributed by atoms with E-state index in [0.717, 1.165) is 24.1 Å². The highest BCUT2D eigenvalue weighted by Gasteiger charge is 2.16. The predicted molar refractivity (Wildman–Crippen MR) is 75.8 cm³/mol. The summed E-state index contributed by atoms with van der Waals surface area (Å²) in [6.07, 6.45) is 4.30. The van der Waals surface area contributed by atoms with Crippen LogP contribution in [0.1, 0.15) is 30.5 Å². The van der Waals surface area contributed by atoms with E-state index in [9.17, 15) is 4.39 Å². The van der Waals surface area contributed by atoms with Crippen LogP contribution in [0.3, 0.4) is 0 Å². The van der Waals surface area contributed by atoms with Gasteiger partial charge in [-0.15, -0.1) is 0 Å². The van der Waals surface area contributed by atoms with Crippen LogP contribution in [0.15, 0.2) is 42.7 Å². The lowest BCUT2D eigenvalue weighted by Crippen LogP contribution is -2.23. The van der Waals surface area contributed by atoms with Crippen LogP contribution < -0.4 is 5.32 Å². The Kier molecular flexibility index (Phi) is 4.88. The maximum Gasteiger partial charge on any atom is 0.123 e. The lowest BCUT2D eigenvalue weighted by molar-refractivity contribution is 0.585. The topological polar surface area (TPSA) is 24.9 Å². The van der Waals surface area contributed by atoms with Crippen molar-refractivity contribution < 1.29 is 4.39 Å². The Morgan fingerprint density at radius 1 is 1.37 bits per heavy atom. The second kappa shape index (κ2) is 6.64. The maximum atomic E-state index is 13.4. The highest BCUT2D eigenvalue weighted by molar-refractivity contribution is 6.31. The molecule has 1 aromatic carbocycles. The molecule has 0 bridgehead atoms. The highest BCUT2D eigenvalue weighted by Crippen LogP contribution is 2.27. The number of nitrogens with zero attached hydrogens (tertiary/aromatic N) is 1. The van der Waals surface area contributed by atoms with Crippen LogP contribution >= 0.6 is 11.6 Å². The van der Waals surface area contributed by atoms with E-state index in [1.807, 2.05) is 12.1 Å². The third kappa shape index (κ3) is 3.52. The quantitative estimate of drug-likeness (QED) is 0.895. The number of rotatable bonds is 5. The zero-order valence-electron chi connectivity index (χ0n) is 10.7. The minimum Gasteiger partial charge on any atom is -0.306 e. The average Bonchev–Trinajstić information content (AvgIpc) is 2.41. The minimum absolute atomic E-state index is 0.119. The molecule has 0 amide bonds. The van der Waals surface area contributed by atoms with Crippen LogP contribution in [-0.2, 0) is 0 Å². The zero-order valence-corrected chi connectivity index (χ0v) is 11.5. The van der Waals surface area contributed by atoms with Crippen LogP contribution in [-0.4, -0.2) is 11.5 Å². The highest BCUT2D eigenvalue weighted by atomic mass is 35.5. The largest absolute Gasteiger partial charge is 0.306 e. The van der Waals surface area contributed by atoms with Crippen LogP contribution in [0.5, 0.6) is 0 Å². The van der Waals surface area contributed by atoms with Crippen molar-refractivity contribution in [3.8, 4) is 0 Å². The van der Waals surface area contributed by atoms with Crippen molar-refractivity contribution in [2.75, 3.05) is 6.54 Å². The Bertz CT molecular complexity index is 545. The molecule has 0 aliphatic heterocycles. The number of nitrogens with one attached hydrogen (secondary N) is 1. The van der Waals surface area contributed by atoms with Gasteiger partial charge in [0.15, 0.2) is 0 Å². The molecule has 2 aromatic rings. The second-order valence-corrected chi connectivity index (χ2v) is 4.75. The van der Waals surface area contributed by atoms with E-state index in [1.54, 1.807) is 18.5 Å². The summed E-state index contributed by atoms with van der Waals surface area (Å²) in [5.74, 6) is -0.244. The van der Waals surface area contributed by atoms with Gasteiger partial charge < -0.3 is 5.32 Å². The summed E-state index contributed by atoms with van der Waals surface area (Å²) in [6.45, 7) is 2.92. The first-order valence-corrected chi connectivity index (χ1v) is 6.68. The van der Waals surface area contributed by atoms with E-state index in [4.69, 9.17) is 11.6 Å². The first kappa shape index (κ1) is 14.0. The lowest BCUT2D eigenvalue weighted by Gasteiger charge is -2.20. The van der Waals surface area contributed by atoms with Gasteiger partial charge in [-0.25, -0.2) is 4.39 Å². The SMILES string of the molecule is CCCNC(c1cccc(F)c1)c1ccncc1Cl. The first-order chi connectivity index (χ1) is 9.22. The van der Waals surface area contributed by atoms with Crippen LogP contribution in [0.2, 0.25) is 5.02 Å². The predicted octanol–water partition coefficient (Wildman–Crippen LogP) is 3.96. The van der Waals surface area contributed by atoms with Crippen LogP contribution in [0.4, 0.5) is 4.39 Å². The monoisotopic (exact) mass is 278 g/mol. The number of halogens is 2. The number of aromatic nitrogens is 1. The summed E-state index contributed by atoms with van der Waals surface area (Å²) >= 11 is 6.19. The number of hydrogen-bond donors (Lipinski definition) is 1. The molecule has 1 aromatic heterocycles. The first-order valence-electron chi connectivity index (χ1n) is 6.30. The van der Waals surface area contributed by atoms with Gasteiger partial charge in [-0.3, -0.25) is 4.98 Å². The molecule has 1 atom stereocenters. The molecule has 0 aliphatic rings. The Morgan fingerprint density at radius 3 is 2.89 bits per heavy atom. The van der Waals surface area contributed by atoms with E-state index in [2.05, 4.69) is 17.2 Å². The minimum atomic E-state index is -0.244. The van der Waals surface area contributed by atoms with Gasteiger partial charge in [0.1, 0.15) is 5.82 Å². The van der Waals surface area contributed by atoms with Gasteiger partial charge in [-0.05, 0) is 42.3 Å². The standard InChI is InChI=1S/C15H16ClFN2/c1-2-7-19-15(11-4-3-5-12(17)9-11)13-6-8-18-10-14(13)16/h3-6,8-10,15,19H,2,7H2,1H3. The molecule has 1 heterocycles. The average molecular weight is 279 g/mol. The lowest BCUT2D eigenvalue weighted by atomic mass is 9.99. The molecule has 0 fully saturated rings. The Labute approximate surface area is 117 Å². The van der Waals surface area contributed by atoms with Crippen LogP contribution in [0, 0.1) is 5.82 Å². The fourth-order valence-corrected chi connectivity index (χ4v) is 2.23. The van der Waals surface area contributed by atoms with Gasteiger partial charge in [0.05, 0.1) is 11.1 Å². The molecule has 0 radical (unpaired) electrons. The molecule has 0 saturated carbocycles. The fraction of sp³-hybridized carbons (Fsp3) is 0.267. The van der Waals surface area contributed by atoms with Crippen molar-refractivity contribution >= 4 is 11.6 Å². The molecule has 2 rings (SSSR count). The zero-order chi connectivity index (χ0) is 13.7. The molecule has 2 nitrogen and oxygen atoms in total. The van der Waals surface area contributed by atoms with Crippen LogP contribution in [0.25, 0.3) is 0 Å². The van der Waals surface area contributed by atoms with Crippen molar-refractivity contribution in [1.82, 2.24) is 10.3 Å². The van der Waals surface area contributed by atoms with E-state index in [0.29, 0.717) is 5.02 Å². The molecule has 19 heavy (non-hydrogen) atoms. The molecule has 0 saturated heterocycles. The Balaban J connectivity index is 2.38. The molecule has 1 N–H and O–H groups in total. The molecular formula is C15H16ClFN2. The molecule has 100 valence electrons. The van der Waals surface area contributed by atoms with Crippen molar-refractivity contribution in [2.45, 2.75) is 19.4 Å². The van der Waals surface area contributed by atoms with E-state index < -0.39 is 0 Å².